The van der Waals surface area contributed by atoms with Crippen molar-refractivity contribution >= 4 is 21.9 Å². The van der Waals surface area contributed by atoms with Crippen LogP contribution in [0.25, 0.3) is 5.69 Å². The molecule has 0 aliphatic carbocycles. The summed E-state index contributed by atoms with van der Waals surface area (Å²) in [7, 11) is 0. The lowest BCUT2D eigenvalue weighted by molar-refractivity contribution is 0.790. The van der Waals surface area contributed by atoms with Crippen molar-refractivity contribution in [3.05, 3.63) is 28.7 Å². The average molecular weight is 255 g/mol. The van der Waals surface area contributed by atoms with Crippen molar-refractivity contribution in [2.75, 3.05) is 5.43 Å². The number of hydrogen-bond acceptors (Lipinski definition) is 5. The number of hydrazine groups is 1. The van der Waals surface area contributed by atoms with Crippen molar-refractivity contribution in [2.24, 2.45) is 5.84 Å². The Kier molecular flexibility index (Phi) is 2.42. The highest BCUT2D eigenvalue weighted by molar-refractivity contribution is 9.10. The van der Waals surface area contributed by atoms with E-state index >= 15 is 0 Å². The molecular formula is C7H7BrN6. The Bertz CT molecular complexity index is 422. The molecular weight excluding hydrogens is 248 g/mol. The summed E-state index contributed by atoms with van der Waals surface area (Å²) >= 11 is 3.34. The summed E-state index contributed by atoms with van der Waals surface area (Å²) in [5.41, 5.74) is 3.24. The molecule has 1 aromatic carbocycles. The van der Waals surface area contributed by atoms with Crippen molar-refractivity contribution in [3.63, 3.8) is 0 Å². The minimum atomic E-state index is 0.396. The van der Waals surface area contributed by atoms with E-state index in [0.29, 0.717) is 5.95 Å². The SMILES string of the molecule is NNc1nnnn1-c1ccc(Br)cc1. The molecule has 0 amide bonds. The zero-order valence-electron chi connectivity index (χ0n) is 7.05. The zero-order valence-corrected chi connectivity index (χ0v) is 8.64. The van der Waals surface area contributed by atoms with Gasteiger partial charge in [0.2, 0.25) is 0 Å². The molecule has 1 aromatic heterocycles. The smallest absolute Gasteiger partial charge is 0.261 e. The number of benzene rings is 1. The fourth-order valence-corrected chi connectivity index (χ4v) is 1.30. The maximum atomic E-state index is 5.24. The van der Waals surface area contributed by atoms with Gasteiger partial charge in [-0.25, -0.2) is 5.84 Å². The lowest BCUT2D eigenvalue weighted by atomic mass is 10.3. The Labute approximate surface area is 88.2 Å². The van der Waals surface area contributed by atoms with E-state index in [0.717, 1.165) is 10.2 Å². The van der Waals surface area contributed by atoms with Crippen LogP contribution >= 0.6 is 15.9 Å². The lowest BCUT2D eigenvalue weighted by Crippen LogP contribution is -2.12. The number of rotatable bonds is 2. The van der Waals surface area contributed by atoms with Gasteiger partial charge in [0.15, 0.2) is 0 Å². The van der Waals surface area contributed by atoms with Crippen molar-refractivity contribution in [1.82, 2.24) is 20.2 Å². The third-order valence-electron chi connectivity index (χ3n) is 1.67. The highest BCUT2D eigenvalue weighted by atomic mass is 79.9. The summed E-state index contributed by atoms with van der Waals surface area (Å²) in [5.74, 6) is 5.64. The van der Waals surface area contributed by atoms with E-state index < -0.39 is 0 Å². The molecule has 72 valence electrons. The molecule has 14 heavy (non-hydrogen) atoms. The van der Waals surface area contributed by atoms with Crippen molar-refractivity contribution in [1.29, 1.82) is 0 Å². The molecule has 0 saturated heterocycles. The van der Waals surface area contributed by atoms with Crippen LogP contribution in [0.15, 0.2) is 28.7 Å². The highest BCUT2D eigenvalue weighted by Crippen LogP contribution is 2.14. The minimum Gasteiger partial charge on any atom is -0.291 e. The van der Waals surface area contributed by atoms with Crippen LogP contribution in [-0.2, 0) is 0 Å². The Morgan fingerprint density at radius 1 is 1.29 bits per heavy atom. The Hall–Kier alpha value is -1.47. The van der Waals surface area contributed by atoms with Crippen LogP contribution in [0, 0.1) is 0 Å². The van der Waals surface area contributed by atoms with Crippen LogP contribution < -0.4 is 11.3 Å². The Morgan fingerprint density at radius 2 is 2.00 bits per heavy atom. The van der Waals surface area contributed by atoms with Gasteiger partial charge in [0.25, 0.3) is 5.95 Å². The second kappa shape index (κ2) is 3.72. The maximum absolute atomic E-state index is 5.24. The fraction of sp³-hybridized carbons (Fsp3) is 0. The summed E-state index contributed by atoms with van der Waals surface area (Å²) < 4.78 is 2.50. The summed E-state index contributed by atoms with van der Waals surface area (Å²) in [6.45, 7) is 0. The van der Waals surface area contributed by atoms with Crippen LogP contribution in [0.2, 0.25) is 0 Å². The summed E-state index contributed by atoms with van der Waals surface area (Å²) in [4.78, 5) is 0. The molecule has 0 bridgehead atoms. The van der Waals surface area contributed by atoms with Crippen molar-refractivity contribution in [3.8, 4) is 5.69 Å². The second-order valence-corrected chi connectivity index (χ2v) is 3.45. The molecule has 7 heteroatoms. The quantitative estimate of drug-likeness (QED) is 0.610. The highest BCUT2D eigenvalue weighted by Gasteiger charge is 2.05. The normalized spacial score (nSPS) is 10.1. The molecule has 1 heterocycles. The van der Waals surface area contributed by atoms with Gasteiger partial charge in [0, 0.05) is 4.47 Å². The Morgan fingerprint density at radius 3 is 2.64 bits per heavy atom. The number of halogens is 1. The van der Waals surface area contributed by atoms with Crippen LogP contribution in [0.1, 0.15) is 0 Å². The van der Waals surface area contributed by atoms with Crippen molar-refractivity contribution < 1.29 is 0 Å². The van der Waals surface area contributed by atoms with E-state index in [9.17, 15) is 0 Å². The monoisotopic (exact) mass is 254 g/mol. The van der Waals surface area contributed by atoms with Gasteiger partial charge in [-0.1, -0.05) is 21.0 Å². The van der Waals surface area contributed by atoms with E-state index in [2.05, 4.69) is 36.9 Å². The summed E-state index contributed by atoms with van der Waals surface area (Å²) in [6, 6.07) is 7.55. The third kappa shape index (κ3) is 1.59. The van der Waals surface area contributed by atoms with Gasteiger partial charge >= 0.3 is 0 Å². The first-order chi connectivity index (χ1) is 6.81. The molecule has 0 radical (unpaired) electrons. The maximum Gasteiger partial charge on any atom is 0.261 e. The molecule has 0 aliphatic rings. The van der Waals surface area contributed by atoms with Crippen molar-refractivity contribution in [2.45, 2.75) is 0 Å². The number of nitrogens with one attached hydrogen (secondary N) is 1. The molecule has 0 saturated carbocycles. The van der Waals surface area contributed by atoms with Gasteiger partial charge in [-0.05, 0) is 34.7 Å². The molecule has 3 N–H and O–H groups in total. The lowest BCUT2D eigenvalue weighted by Gasteiger charge is -2.02. The van der Waals surface area contributed by atoms with E-state index in [1.54, 1.807) is 0 Å². The van der Waals surface area contributed by atoms with Gasteiger partial charge in [-0.2, -0.15) is 4.68 Å². The molecule has 2 rings (SSSR count). The predicted molar refractivity (Wildman–Crippen MR) is 54.7 cm³/mol. The largest absolute Gasteiger partial charge is 0.291 e. The number of nitrogen functional groups attached to an aromatic ring is 1. The van der Waals surface area contributed by atoms with E-state index in [-0.39, 0.29) is 0 Å². The minimum absolute atomic E-state index is 0.396. The first kappa shape index (κ1) is 9.10. The van der Waals surface area contributed by atoms with Crippen LogP contribution in [-0.4, -0.2) is 20.2 Å². The molecule has 0 aliphatic heterocycles. The van der Waals surface area contributed by atoms with E-state index in [1.807, 2.05) is 24.3 Å². The van der Waals surface area contributed by atoms with Gasteiger partial charge < -0.3 is 0 Å². The van der Waals surface area contributed by atoms with E-state index in [1.165, 1.54) is 4.68 Å². The number of tetrazole rings is 1. The molecule has 6 nitrogen and oxygen atoms in total. The number of aromatic nitrogens is 4. The summed E-state index contributed by atoms with van der Waals surface area (Å²) in [6.07, 6.45) is 0. The van der Waals surface area contributed by atoms with Crippen LogP contribution in [0.4, 0.5) is 5.95 Å². The fourth-order valence-electron chi connectivity index (χ4n) is 1.03. The summed E-state index contributed by atoms with van der Waals surface area (Å²) in [5, 5.41) is 11.0. The third-order valence-corrected chi connectivity index (χ3v) is 2.20. The van der Waals surface area contributed by atoms with Gasteiger partial charge in [0.05, 0.1) is 5.69 Å². The molecule has 0 spiro atoms. The molecule has 0 unspecified atom stereocenters. The standard InChI is InChI=1S/C7H7BrN6/c8-5-1-3-6(4-2-5)14-7(10-9)11-12-13-14/h1-4H,9H2,(H,10,11,13). The number of hydrogen-bond donors (Lipinski definition) is 2. The Balaban J connectivity index is 2.44. The number of nitrogens with two attached hydrogens (primary N) is 1. The first-order valence-electron chi connectivity index (χ1n) is 3.82. The van der Waals surface area contributed by atoms with Gasteiger partial charge in [-0.3, -0.25) is 5.43 Å². The first-order valence-corrected chi connectivity index (χ1v) is 4.61. The van der Waals surface area contributed by atoms with Gasteiger partial charge in [-0.15, -0.1) is 0 Å². The molecule has 0 fully saturated rings. The van der Waals surface area contributed by atoms with Gasteiger partial charge in [0.1, 0.15) is 0 Å². The number of nitrogens with zero attached hydrogens (tertiary/aromatic N) is 4. The predicted octanol–water partition coefficient (Wildman–Crippen LogP) is 0.710. The van der Waals surface area contributed by atoms with E-state index in [4.69, 9.17) is 5.84 Å². The molecule has 2 aromatic rings. The molecule has 0 atom stereocenters. The van der Waals surface area contributed by atoms with Crippen LogP contribution in [0.5, 0.6) is 0 Å². The zero-order chi connectivity index (χ0) is 9.97. The number of anilines is 1. The topological polar surface area (TPSA) is 81.7 Å². The average Bonchev–Trinajstić information content (AvgIpc) is 2.67. The second-order valence-electron chi connectivity index (χ2n) is 2.54. The van der Waals surface area contributed by atoms with Crippen LogP contribution in [0.3, 0.4) is 0 Å².